The maximum Gasteiger partial charge on any atom is 0.389 e. The zero-order chi connectivity index (χ0) is 14.5. The van der Waals surface area contributed by atoms with Gasteiger partial charge < -0.3 is 10.7 Å². The predicted molar refractivity (Wildman–Crippen MR) is 70.5 cm³/mol. The van der Waals surface area contributed by atoms with E-state index < -0.39 is 12.6 Å². The smallest absolute Gasteiger partial charge is 0.369 e. The van der Waals surface area contributed by atoms with E-state index in [0.717, 1.165) is 0 Å². The average Bonchev–Trinajstić information content (AvgIpc) is 2.29. The molecule has 0 spiro atoms. The molecule has 1 rings (SSSR count). The quantitative estimate of drug-likeness (QED) is 0.424. The number of rotatable bonds is 6. The van der Waals surface area contributed by atoms with Crippen molar-refractivity contribution in [3.8, 4) is 0 Å². The molecule has 0 bridgehead atoms. The van der Waals surface area contributed by atoms with Gasteiger partial charge in [0.15, 0.2) is 5.82 Å². The van der Waals surface area contributed by atoms with Crippen LogP contribution in [-0.2, 0) is 0 Å². The molecule has 4 nitrogen and oxygen atoms in total. The van der Waals surface area contributed by atoms with E-state index in [0.29, 0.717) is 18.8 Å². The zero-order valence-electron chi connectivity index (χ0n) is 9.82. The van der Waals surface area contributed by atoms with Gasteiger partial charge in [-0.3, -0.25) is 0 Å². The van der Waals surface area contributed by atoms with Crippen molar-refractivity contribution in [2.24, 2.45) is 5.84 Å². The van der Waals surface area contributed by atoms with Crippen LogP contribution in [0, 0.1) is 0 Å². The van der Waals surface area contributed by atoms with Crippen molar-refractivity contribution in [2.45, 2.75) is 25.4 Å². The molecule has 1 aromatic rings. The summed E-state index contributed by atoms with van der Waals surface area (Å²) in [6.07, 6.45) is -4.52. The number of hydrazine groups is 1. The SMILES string of the molecule is NNc1nc(NCCCCC(F)(F)F)c(Cl)cc1Cl. The lowest BCUT2D eigenvalue weighted by Crippen LogP contribution is -2.12. The fourth-order valence-electron chi connectivity index (χ4n) is 1.35. The Balaban J connectivity index is 2.45. The Bertz CT molecular complexity index is 426. The highest BCUT2D eigenvalue weighted by molar-refractivity contribution is 6.37. The summed E-state index contributed by atoms with van der Waals surface area (Å²) in [6, 6.07) is 1.45. The number of unbranched alkanes of at least 4 members (excludes halogenated alkanes) is 1. The average molecular weight is 317 g/mol. The number of nitrogens with zero attached hydrogens (tertiary/aromatic N) is 1. The van der Waals surface area contributed by atoms with Gasteiger partial charge in [0.2, 0.25) is 0 Å². The number of alkyl halides is 3. The number of anilines is 2. The van der Waals surface area contributed by atoms with Gasteiger partial charge in [0.25, 0.3) is 0 Å². The molecule has 0 saturated carbocycles. The van der Waals surface area contributed by atoms with Gasteiger partial charge in [-0.25, -0.2) is 10.8 Å². The molecule has 0 saturated heterocycles. The minimum absolute atomic E-state index is 0.0453. The largest absolute Gasteiger partial charge is 0.389 e. The summed E-state index contributed by atoms with van der Waals surface area (Å²) in [6.45, 7) is 0.328. The van der Waals surface area contributed by atoms with Crippen molar-refractivity contribution in [1.82, 2.24) is 4.98 Å². The first-order valence-electron chi connectivity index (χ1n) is 5.47. The second kappa shape index (κ2) is 7.02. The van der Waals surface area contributed by atoms with Gasteiger partial charge in [-0.2, -0.15) is 13.2 Å². The van der Waals surface area contributed by atoms with E-state index in [9.17, 15) is 13.2 Å². The normalized spacial score (nSPS) is 11.5. The molecule has 0 radical (unpaired) electrons. The molecular weight excluding hydrogens is 304 g/mol. The predicted octanol–water partition coefficient (Wildman–Crippen LogP) is 3.82. The number of nitrogens with one attached hydrogen (secondary N) is 2. The topological polar surface area (TPSA) is 63.0 Å². The molecule has 0 atom stereocenters. The lowest BCUT2D eigenvalue weighted by Gasteiger charge is -2.11. The van der Waals surface area contributed by atoms with E-state index in [1.54, 1.807) is 0 Å². The molecule has 1 aromatic heterocycles. The number of nitrogens with two attached hydrogens (primary N) is 1. The number of aromatic nitrogens is 1. The maximum absolute atomic E-state index is 11.9. The molecule has 0 fully saturated rings. The highest BCUT2D eigenvalue weighted by Gasteiger charge is 2.25. The van der Waals surface area contributed by atoms with Crippen molar-refractivity contribution < 1.29 is 13.2 Å². The van der Waals surface area contributed by atoms with Crippen LogP contribution in [0.25, 0.3) is 0 Å². The molecule has 9 heteroatoms. The summed E-state index contributed by atoms with van der Waals surface area (Å²) in [7, 11) is 0. The molecule has 0 amide bonds. The highest BCUT2D eigenvalue weighted by Crippen LogP contribution is 2.28. The first-order chi connectivity index (χ1) is 8.83. The van der Waals surface area contributed by atoms with Crippen LogP contribution in [0.1, 0.15) is 19.3 Å². The minimum Gasteiger partial charge on any atom is -0.369 e. The van der Waals surface area contributed by atoms with Gasteiger partial charge in [0.1, 0.15) is 5.82 Å². The van der Waals surface area contributed by atoms with E-state index in [4.69, 9.17) is 29.0 Å². The summed E-state index contributed by atoms with van der Waals surface area (Å²) in [5.41, 5.74) is 2.29. The van der Waals surface area contributed by atoms with Crippen molar-refractivity contribution in [3.05, 3.63) is 16.1 Å². The highest BCUT2D eigenvalue weighted by atomic mass is 35.5. The Kier molecular flexibility index (Phi) is 5.96. The molecule has 4 N–H and O–H groups in total. The third-order valence-corrected chi connectivity index (χ3v) is 2.82. The lowest BCUT2D eigenvalue weighted by molar-refractivity contribution is -0.135. The van der Waals surface area contributed by atoms with Gasteiger partial charge in [0.05, 0.1) is 10.0 Å². The Morgan fingerprint density at radius 2 is 1.79 bits per heavy atom. The Morgan fingerprint density at radius 3 is 2.37 bits per heavy atom. The van der Waals surface area contributed by atoms with E-state index in [1.165, 1.54) is 6.07 Å². The van der Waals surface area contributed by atoms with Crippen LogP contribution in [0.2, 0.25) is 10.0 Å². The molecule has 0 unspecified atom stereocenters. The Hall–Kier alpha value is -0.920. The summed E-state index contributed by atoms with van der Waals surface area (Å²) in [4.78, 5) is 4.00. The van der Waals surface area contributed by atoms with Crippen LogP contribution in [0.15, 0.2) is 6.07 Å². The van der Waals surface area contributed by atoms with Crippen LogP contribution in [0.5, 0.6) is 0 Å². The maximum atomic E-state index is 11.9. The van der Waals surface area contributed by atoms with Crippen molar-refractivity contribution in [1.29, 1.82) is 0 Å². The summed E-state index contributed by atoms with van der Waals surface area (Å²) >= 11 is 11.7. The van der Waals surface area contributed by atoms with Crippen LogP contribution < -0.4 is 16.6 Å². The van der Waals surface area contributed by atoms with Gasteiger partial charge in [-0.1, -0.05) is 23.2 Å². The van der Waals surface area contributed by atoms with Gasteiger partial charge in [0, 0.05) is 13.0 Å². The standard InChI is InChI=1S/C10H13Cl2F3N4/c11-6-5-7(12)9(19-16)18-8(6)17-4-2-1-3-10(13,14)15/h5H,1-4,16H2,(H2,17,18,19). The van der Waals surface area contributed by atoms with Crippen LogP contribution in [0.4, 0.5) is 24.8 Å². The monoisotopic (exact) mass is 316 g/mol. The number of halogens is 5. The summed E-state index contributed by atoms with van der Waals surface area (Å²) < 4.78 is 35.8. The molecular formula is C10H13Cl2F3N4. The Morgan fingerprint density at radius 1 is 1.16 bits per heavy atom. The number of hydrogen-bond donors (Lipinski definition) is 3. The first-order valence-corrected chi connectivity index (χ1v) is 6.22. The van der Waals surface area contributed by atoms with Gasteiger partial charge in [-0.05, 0) is 18.9 Å². The molecule has 0 aliphatic rings. The summed E-state index contributed by atoms with van der Waals surface area (Å²) in [5, 5.41) is 3.37. The van der Waals surface area contributed by atoms with Gasteiger partial charge in [-0.15, -0.1) is 0 Å². The molecule has 19 heavy (non-hydrogen) atoms. The van der Waals surface area contributed by atoms with E-state index in [2.05, 4.69) is 15.7 Å². The number of hydrogen-bond acceptors (Lipinski definition) is 4. The third-order valence-electron chi connectivity index (χ3n) is 2.25. The summed E-state index contributed by atoms with van der Waals surface area (Å²) in [5.74, 6) is 5.77. The zero-order valence-corrected chi connectivity index (χ0v) is 11.3. The third kappa shape index (κ3) is 5.71. The molecule has 0 aliphatic heterocycles. The van der Waals surface area contributed by atoms with E-state index in [1.807, 2.05) is 0 Å². The van der Waals surface area contributed by atoms with Crippen LogP contribution in [0.3, 0.4) is 0 Å². The molecule has 0 aliphatic carbocycles. The van der Waals surface area contributed by atoms with Crippen molar-refractivity contribution in [2.75, 3.05) is 17.3 Å². The van der Waals surface area contributed by atoms with E-state index in [-0.39, 0.29) is 22.3 Å². The molecule has 1 heterocycles. The number of pyridine rings is 1. The molecule has 0 aromatic carbocycles. The van der Waals surface area contributed by atoms with Crippen LogP contribution in [-0.4, -0.2) is 17.7 Å². The first kappa shape index (κ1) is 16.1. The van der Waals surface area contributed by atoms with Crippen molar-refractivity contribution >= 4 is 34.8 Å². The lowest BCUT2D eigenvalue weighted by atomic mass is 10.2. The fourth-order valence-corrected chi connectivity index (χ4v) is 1.83. The van der Waals surface area contributed by atoms with Crippen LogP contribution >= 0.6 is 23.2 Å². The second-order valence-electron chi connectivity index (χ2n) is 3.79. The Labute approximate surface area is 118 Å². The fraction of sp³-hybridized carbons (Fsp3) is 0.500. The van der Waals surface area contributed by atoms with E-state index >= 15 is 0 Å². The number of nitrogen functional groups attached to an aromatic ring is 1. The molecule has 108 valence electrons. The van der Waals surface area contributed by atoms with Gasteiger partial charge >= 0.3 is 6.18 Å². The second-order valence-corrected chi connectivity index (χ2v) is 4.61. The van der Waals surface area contributed by atoms with Crippen molar-refractivity contribution in [3.63, 3.8) is 0 Å². The minimum atomic E-state index is -4.12.